The second-order valence-corrected chi connectivity index (χ2v) is 39.1. The van der Waals surface area contributed by atoms with Crippen LogP contribution in [0.1, 0.15) is 177 Å². The Labute approximate surface area is 803 Å². The van der Waals surface area contributed by atoms with E-state index in [1.54, 1.807) is 98.0 Å². The number of methoxy groups -OCH3 is 3. The molecule has 6 bridgehead atoms. The molecule has 9 heterocycles. The van der Waals surface area contributed by atoms with Gasteiger partial charge < -0.3 is 87.7 Å². The van der Waals surface area contributed by atoms with Gasteiger partial charge in [0.15, 0.2) is 0 Å². The summed E-state index contributed by atoms with van der Waals surface area (Å²) in [6.45, 7) is 21.4. The number of ketones is 3. The third-order valence-electron chi connectivity index (χ3n) is 26.7. The Morgan fingerprint density at radius 3 is 1.01 bits per heavy atom. The quantitative estimate of drug-likeness (QED) is 0.0759. The van der Waals surface area contributed by atoms with Gasteiger partial charge >= 0.3 is 30.1 Å². The van der Waals surface area contributed by atoms with Gasteiger partial charge in [0.05, 0.1) is 74.1 Å². The van der Waals surface area contributed by atoms with E-state index >= 15 is 17.6 Å². The van der Waals surface area contributed by atoms with Gasteiger partial charge in [0.1, 0.15) is 94.9 Å². The number of nitrogens with zero attached hydrogens (tertiary/aromatic N) is 9. The number of amides is 6. The first-order valence-corrected chi connectivity index (χ1v) is 44.2. The zero-order valence-corrected chi connectivity index (χ0v) is 81.0. The maximum atomic E-state index is 15.1. The number of fused-ring (bicyclic) bond motifs is 15. The summed E-state index contributed by atoms with van der Waals surface area (Å²) >= 11 is 0. The van der Waals surface area contributed by atoms with Gasteiger partial charge in [-0.25, -0.2) is 63.1 Å². The normalized spacial score (nSPS) is 29.3. The van der Waals surface area contributed by atoms with Gasteiger partial charge in [0, 0.05) is 142 Å². The van der Waals surface area contributed by atoms with E-state index < -0.39 is 203 Å². The van der Waals surface area contributed by atoms with Crippen LogP contribution >= 0.6 is 0 Å². The number of carbonyl (C=O) groups excluding carboxylic acids is 12. The van der Waals surface area contributed by atoms with Crippen LogP contribution < -0.4 is 44.4 Å². The van der Waals surface area contributed by atoms with Crippen LogP contribution in [0.25, 0.3) is 33.1 Å². The zero-order chi connectivity index (χ0) is 93.9. The number of alkyl halides is 4. The number of carbonyl (C=O) groups is 9. The molecule has 18 atom stereocenters. The first-order chi connectivity index (χ1) is 61.4. The largest absolute Gasteiger partial charge is 0.540 e. The molecule has 7 fully saturated rings. The second kappa shape index (κ2) is 41.0. The van der Waals surface area contributed by atoms with Crippen molar-refractivity contribution in [3.8, 4) is 34.9 Å². The first kappa shape index (κ1) is 104. The summed E-state index contributed by atoms with van der Waals surface area (Å²) in [6.07, 6.45) is 0.940. The van der Waals surface area contributed by atoms with E-state index in [-0.39, 0.29) is 142 Å². The molecule has 133 heavy (non-hydrogen) atoms. The van der Waals surface area contributed by atoms with E-state index in [0.717, 1.165) is 12.8 Å². The average Bonchev–Trinajstić information content (AvgIpc) is 1.60. The summed E-state index contributed by atoms with van der Waals surface area (Å²) in [5, 5.41) is 7.96. The third kappa shape index (κ3) is 23.1. The van der Waals surface area contributed by atoms with Crippen LogP contribution in [0.4, 0.5) is 31.9 Å². The minimum atomic E-state index is -3.66. The molecule has 1 spiro atoms. The fraction of sp³-hybridized carbons (Fsp3) is 0.613. The van der Waals surface area contributed by atoms with Crippen molar-refractivity contribution in [2.45, 2.75) is 264 Å². The van der Waals surface area contributed by atoms with Crippen LogP contribution in [0.15, 0.2) is 54.6 Å². The molecule has 3 radical (unpaired) electrons. The number of hydrogen-bond donors (Lipinski definition) is 3. The predicted molar refractivity (Wildman–Crippen MR) is 457 cm³/mol. The molecule has 3 N–H and O–H groups in total. The summed E-state index contributed by atoms with van der Waals surface area (Å²) in [7, 11) is 4.56. The maximum Gasteiger partial charge on any atom is 0.408 e. The fourth-order valence-electron chi connectivity index (χ4n) is 17.9. The molecule has 33 nitrogen and oxygen atoms in total. The molecule has 6 aromatic rings. The standard InChI is InChI=1S/C32H39N4O7.C31H37F2N4O7.C30H35F2N4O7.3V/c1-17-23(16-37)36-15-25(17)42-28-21(33-20-7-6-19(41-5)14-22(20)34-28)8-9-32(10-11-32)26(38)13-18-12-24(18)43-30(40)35-27(29(36)39)31(2,3)4;1-6-18-22(15-38)37-14-24(18)43-27-20(34-19-8-7-17(42-5)13-21(19)35-27)9-10-31(32,33)25(39)12-16-11-23(16)44-29(41)36-26(28(37)40)30(2,3)4;1-15-21(14-37)36-13-23(15)42-26-19(33-18-7-6-17(41-5)12-20(18)34-26)8-9-30(31,32)24(38)11-16-10-22(16)43-28(40)35-25(27(36)39)29(2,3)4;;;/h6-7,14,17-18,23-25,27H,8-13,15H2,1-5H3,(H,35,40);7-8,13,16,18,22-24,26H,6,9-12,14H2,1-5H3,(H,36,41);6-7,12,15-16,21-23,25H,8-11,13H2,1-5H3,(H,35,40);;;/q3*-1;;;/t17-,18-,23+,24+,25-,27+;16-,18-,22+,23+,24-,26+;15-,16-,21+,22+,23-,25+;;;/m000.../s1. The van der Waals surface area contributed by atoms with Gasteiger partial charge in [0.25, 0.3) is 0 Å². The number of ether oxygens (including phenoxy) is 9. The van der Waals surface area contributed by atoms with Crippen molar-refractivity contribution in [2.24, 2.45) is 57.2 Å². The number of hydrogen-bond acceptors (Lipinski definition) is 27. The van der Waals surface area contributed by atoms with Crippen LogP contribution in [0.5, 0.6) is 34.9 Å². The topological polar surface area (TPSA) is 411 Å². The Morgan fingerprint density at radius 2 is 0.707 bits per heavy atom. The van der Waals surface area contributed by atoms with E-state index in [9.17, 15) is 57.5 Å². The van der Waals surface area contributed by atoms with Gasteiger partial charge in [-0.15, -0.1) is 0 Å². The van der Waals surface area contributed by atoms with Crippen LogP contribution in [0.3, 0.4) is 0 Å². The number of aromatic nitrogens is 6. The Bertz CT molecular complexity index is 5220. The van der Waals surface area contributed by atoms with Crippen LogP contribution in [-0.2, 0) is 132 Å². The molecule has 16 rings (SSSR count). The zero-order valence-electron chi connectivity index (χ0n) is 76.8. The molecule has 4 saturated carbocycles. The molecule has 40 heteroatoms. The summed E-state index contributed by atoms with van der Waals surface area (Å²) in [5.41, 5.74) is 1.07. The summed E-state index contributed by atoms with van der Waals surface area (Å²) in [6, 6.07) is 9.30. The van der Waals surface area contributed by atoms with E-state index in [1.807, 2.05) is 65.6 Å². The number of halogens is 4. The van der Waals surface area contributed by atoms with Gasteiger partial charge in [0.2, 0.25) is 46.9 Å². The molecular weight excluding hydrogens is 1850 g/mol. The number of aryl methyl sites for hydroxylation is 3. The van der Waals surface area contributed by atoms with Gasteiger partial charge in [-0.1, -0.05) is 108 Å². The molecule has 3 aromatic carbocycles. The van der Waals surface area contributed by atoms with E-state index in [0.29, 0.717) is 94.0 Å². The summed E-state index contributed by atoms with van der Waals surface area (Å²) in [5.74, 6) is -11.8. The van der Waals surface area contributed by atoms with E-state index in [2.05, 4.69) is 35.9 Å². The summed E-state index contributed by atoms with van der Waals surface area (Å²) < 4.78 is 112. The van der Waals surface area contributed by atoms with Gasteiger partial charge in [-0.2, -0.15) is 17.6 Å². The third-order valence-corrected chi connectivity index (χ3v) is 26.7. The Kier molecular flexibility index (Phi) is 32.0. The molecule has 6 amide bonds. The van der Waals surface area contributed by atoms with Crippen molar-refractivity contribution < 1.29 is 173 Å². The molecule has 0 unspecified atom stereocenters. The van der Waals surface area contributed by atoms with Gasteiger partial charge in [-0.3, -0.25) is 28.8 Å². The van der Waals surface area contributed by atoms with Crippen LogP contribution in [0.2, 0.25) is 0 Å². The minimum Gasteiger partial charge on any atom is -0.540 e. The van der Waals surface area contributed by atoms with E-state index in [1.165, 1.54) is 28.9 Å². The fourth-order valence-corrected chi connectivity index (χ4v) is 17.9. The Morgan fingerprint density at radius 1 is 0.406 bits per heavy atom. The number of Topliss-reactive ketones (excluding diaryl/α,β-unsaturated/α-hetero) is 3. The molecular formula is C93H111F4N12O21V3-3. The number of benzene rings is 3. The first-order valence-electron chi connectivity index (χ1n) is 44.2. The number of rotatable bonds is 7. The number of nitrogens with one attached hydrogen (secondary N) is 3. The van der Waals surface area contributed by atoms with Crippen molar-refractivity contribution >= 4 is 105 Å². The monoisotopic (exact) mass is 1960 g/mol. The average molecular weight is 1960 g/mol. The van der Waals surface area contributed by atoms with Crippen molar-refractivity contribution in [3.05, 3.63) is 71.7 Å². The summed E-state index contributed by atoms with van der Waals surface area (Å²) in [4.78, 5) is 188. The maximum absolute atomic E-state index is 15.1. The van der Waals surface area contributed by atoms with Crippen LogP contribution in [-0.4, -0.2) is 242 Å². The molecule has 6 aliphatic heterocycles. The molecule has 715 valence electrons. The van der Waals surface area contributed by atoms with Crippen molar-refractivity contribution in [2.75, 3.05) is 41.0 Å². The predicted octanol–water partition coefficient (Wildman–Crippen LogP) is 10.8. The van der Waals surface area contributed by atoms with Crippen molar-refractivity contribution in [3.63, 3.8) is 0 Å². The Balaban J connectivity index is 0.000000190. The van der Waals surface area contributed by atoms with Gasteiger partial charge in [-0.05, 0) is 115 Å². The molecule has 3 aromatic heterocycles. The SMILES string of the molecule is CC[C@@H]1[C@@H]2CN(C(=O)[C@H](C(C)(C)C)NC(=O)O[C@@H]3C[C@H]3CC(=O)C(F)(F)CCc3nc4ccc(OC)cc4nc3O2)[C@@H]1[C-]=O.COc1ccc2nc3c(nc2c1)O[C@H]1CN(C(=O)[C@H](C(C)(C)C)NC(=O)O[C@@H]2C[C@H]2CC(=O)C(F)(F)CC3)[C@H]([C-]=O)[C@@H]1C.COc1ccc2nc3c(nc2c1)O[C@H]1CN(C(=O)[C@H](C(C)(C)C)NC(=O)O[C@@H]2C[C@H]2CC(=O)C2(CC3)CC2)[C@H]([C-]=O)[C@@H]1C.[V].[V].[V]. The van der Waals surface area contributed by atoms with Crippen molar-refractivity contribution in [1.29, 1.82) is 0 Å². The molecule has 3 saturated heterocycles. The van der Waals surface area contributed by atoms with E-state index in [4.69, 9.17) is 52.6 Å². The molecule has 10 aliphatic rings. The Hall–Kier alpha value is -9.81. The molecule has 4 aliphatic carbocycles. The van der Waals surface area contributed by atoms with Crippen molar-refractivity contribution in [1.82, 2.24) is 60.6 Å². The smallest absolute Gasteiger partial charge is 0.408 e. The minimum absolute atomic E-state index is 0. The van der Waals surface area contributed by atoms with Crippen LogP contribution in [0, 0.1) is 57.2 Å². The number of alkyl carbamates (subject to hydrolysis) is 3. The second-order valence-electron chi connectivity index (χ2n) is 39.1.